The van der Waals surface area contributed by atoms with Crippen LogP contribution in [0.4, 0.5) is 0 Å². The summed E-state index contributed by atoms with van der Waals surface area (Å²) in [5.74, 6) is 1.75. The molecule has 1 aromatic carbocycles. The maximum atomic E-state index is 11.6. The second-order valence-corrected chi connectivity index (χ2v) is 8.21. The average Bonchev–Trinajstić information content (AvgIpc) is 2.99. The minimum Gasteiger partial charge on any atom is -0.339 e. The molecule has 0 radical (unpaired) electrons. The Morgan fingerprint density at radius 3 is 2.83 bits per heavy atom. The number of aromatic nitrogens is 2. The van der Waals surface area contributed by atoms with Gasteiger partial charge in [-0.05, 0) is 19.9 Å². The van der Waals surface area contributed by atoms with Crippen LogP contribution in [0.2, 0.25) is 0 Å². The van der Waals surface area contributed by atoms with E-state index in [0.29, 0.717) is 24.7 Å². The highest BCUT2D eigenvalue weighted by Crippen LogP contribution is 2.16. The van der Waals surface area contributed by atoms with Gasteiger partial charge in [0.15, 0.2) is 9.84 Å². The van der Waals surface area contributed by atoms with Gasteiger partial charge in [0.2, 0.25) is 11.7 Å². The number of aryl methyl sites for hydroxylation is 1. The Bertz CT molecular complexity index is 743. The molecule has 6 nitrogen and oxygen atoms in total. The van der Waals surface area contributed by atoms with Crippen LogP contribution in [0.3, 0.4) is 0 Å². The maximum absolute atomic E-state index is 11.6. The van der Waals surface area contributed by atoms with Gasteiger partial charge in [0.05, 0.1) is 11.5 Å². The van der Waals surface area contributed by atoms with Crippen molar-refractivity contribution < 1.29 is 12.9 Å². The monoisotopic (exact) mass is 335 g/mol. The van der Waals surface area contributed by atoms with Crippen molar-refractivity contribution in [2.75, 3.05) is 24.6 Å². The summed E-state index contributed by atoms with van der Waals surface area (Å²) in [6.45, 7) is 3.43. The van der Waals surface area contributed by atoms with Gasteiger partial charge in [0, 0.05) is 24.6 Å². The second kappa shape index (κ2) is 6.80. The van der Waals surface area contributed by atoms with Gasteiger partial charge < -0.3 is 4.52 Å². The Morgan fingerprint density at radius 2 is 2.09 bits per heavy atom. The molecule has 0 saturated carbocycles. The summed E-state index contributed by atoms with van der Waals surface area (Å²) >= 11 is 0. The lowest BCUT2D eigenvalue weighted by Gasteiger charge is -2.32. The zero-order valence-corrected chi connectivity index (χ0v) is 14.0. The minimum absolute atomic E-state index is 0.0799. The number of hydrogen-bond donors (Lipinski definition) is 0. The van der Waals surface area contributed by atoms with Crippen LogP contribution in [0.1, 0.15) is 19.2 Å². The summed E-state index contributed by atoms with van der Waals surface area (Å²) in [7, 11) is -2.85. The van der Waals surface area contributed by atoms with Crippen LogP contribution in [0, 0.1) is 0 Å². The molecule has 124 valence electrons. The molecule has 0 unspecified atom stereocenters. The maximum Gasteiger partial charge on any atom is 0.227 e. The van der Waals surface area contributed by atoms with Crippen LogP contribution in [0.15, 0.2) is 34.9 Å². The first kappa shape index (κ1) is 16.1. The zero-order valence-electron chi connectivity index (χ0n) is 13.2. The highest BCUT2D eigenvalue weighted by atomic mass is 32.2. The van der Waals surface area contributed by atoms with E-state index in [9.17, 15) is 8.42 Å². The molecule has 1 saturated heterocycles. The van der Waals surface area contributed by atoms with E-state index in [4.69, 9.17) is 4.52 Å². The van der Waals surface area contributed by atoms with Gasteiger partial charge in [-0.2, -0.15) is 4.98 Å². The summed E-state index contributed by atoms with van der Waals surface area (Å²) in [6.07, 6.45) is 1.58. The molecule has 0 aliphatic carbocycles. The van der Waals surface area contributed by atoms with Gasteiger partial charge in [0.1, 0.15) is 0 Å². The summed E-state index contributed by atoms with van der Waals surface area (Å²) in [4.78, 5) is 6.63. The SMILES string of the molecule is C[C@@H]1CS(=O)(=O)CCN1CCCc1nc(-c2ccccc2)no1. The molecule has 0 amide bonds. The van der Waals surface area contributed by atoms with Crippen molar-refractivity contribution >= 4 is 9.84 Å². The van der Waals surface area contributed by atoms with Crippen molar-refractivity contribution in [3.63, 3.8) is 0 Å². The zero-order chi connectivity index (χ0) is 16.3. The first-order valence-corrected chi connectivity index (χ1v) is 9.68. The molecule has 3 rings (SSSR count). The lowest BCUT2D eigenvalue weighted by Crippen LogP contribution is -2.47. The van der Waals surface area contributed by atoms with Crippen molar-refractivity contribution in [1.82, 2.24) is 15.0 Å². The van der Waals surface area contributed by atoms with E-state index in [1.807, 2.05) is 37.3 Å². The van der Waals surface area contributed by atoms with E-state index < -0.39 is 9.84 Å². The molecule has 1 aromatic heterocycles. The molecular weight excluding hydrogens is 314 g/mol. The molecule has 0 spiro atoms. The lowest BCUT2D eigenvalue weighted by atomic mass is 10.2. The van der Waals surface area contributed by atoms with Crippen molar-refractivity contribution in [2.24, 2.45) is 0 Å². The molecule has 2 aromatic rings. The van der Waals surface area contributed by atoms with E-state index in [1.165, 1.54) is 0 Å². The average molecular weight is 335 g/mol. The first-order valence-electron chi connectivity index (χ1n) is 7.86. The van der Waals surface area contributed by atoms with Crippen LogP contribution in [-0.2, 0) is 16.3 Å². The summed E-state index contributed by atoms with van der Waals surface area (Å²) in [5, 5.41) is 4.01. The fourth-order valence-corrected chi connectivity index (χ4v) is 4.48. The van der Waals surface area contributed by atoms with Crippen molar-refractivity contribution in [2.45, 2.75) is 25.8 Å². The Hall–Kier alpha value is -1.73. The molecule has 1 fully saturated rings. The van der Waals surface area contributed by atoms with Crippen LogP contribution in [0.5, 0.6) is 0 Å². The Morgan fingerprint density at radius 1 is 1.30 bits per heavy atom. The third-order valence-corrected chi connectivity index (χ3v) is 5.94. The lowest BCUT2D eigenvalue weighted by molar-refractivity contribution is 0.221. The largest absolute Gasteiger partial charge is 0.339 e. The van der Waals surface area contributed by atoms with E-state index >= 15 is 0 Å². The van der Waals surface area contributed by atoms with Gasteiger partial charge in [-0.1, -0.05) is 35.5 Å². The standard InChI is InChI=1S/C16H21N3O3S/c1-13-12-23(20,21)11-10-19(13)9-5-8-15-17-16(18-22-15)14-6-3-2-4-7-14/h2-4,6-7,13H,5,8-12H2,1H3/t13-/m1/s1. The molecule has 2 heterocycles. The van der Waals surface area contributed by atoms with E-state index in [1.54, 1.807) is 0 Å². The molecule has 0 bridgehead atoms. The quantitative estimate of drug-likeness (QED) is 0.829. The fraction of sp³-hybridized carbons (Fsp3) is 0.500. The first-order chi connectivity index (χ1) is 11.0. The van der Waals surface area contributed by atoms with Crippen molar-refractivity contribution in [3.05, 3.63) is 36.2 Å². The van der Waals surface area contributed by atoms with Crippen LogP contribution < -0.4 is 0 Å². The number of rotatable bonds is 5. The number of sulfone groups is 1. The molecular formula is C16H21N3O3S. The Kier molecular flexibility index (Phi) is 4.77. The Balaban J connectivity index is 1.51. The van der Waals surface area contributed by atoms with E-state index in [-0.39, 0.29) is 17.5 Å². The predicted molar refractivity (Wildman–Crippen MR) is 87.7 cm³/mol. The molecule has 0 N–H and O–H groups in total. The Labute approximate surface area is 136 Å². The summed E-state index contributed by atoms with van der Waals surface area (Å²) in [5.41, 5.74) is 0.942. The van der Waals surface area contributed by atoms with Crippen LogP contribution in [-0.4, -0.2) is 54.1 Å². The highest BCUT2D eigenvalue weighted by Gasteiger charge is 2.27. The third-order valence-electron chi connectivity index (χ3n) is 4.14. The number of nitrogens with zero attached hydrogens (tertiary/aromatic N) is 3. The molecule has 1 aliphatic heterocycles. The third kappa shape index (κ3) is 4.17. The van der Waals surface area contributed by atoms with Crippen molar-refractivity contribution in [1.29, 1.82) is 0 Å². The second-order valence-electron chi connectivity index (χ2n) is 5.98. The normalized spacial score (nSPS) is 21.3. The van der Waals surface area contributed by atoms with E-state index in [0.717, 1.165) is 18.5 Å². The van der Waals surface area contributed by atoms with Gasteiger partial charge in [-0.15, -0.1) is 0 Å². The van der Waals surface area contributed by atoms with Gasteiger partial charge >= 0.3 is 0 Å². The molecule has 23 heavy (non-hydrogen) atoms. The van der Waals surface area contributed by atoms with Gasteiger partial charge in [-0.25, -0.2) is 8.42 Å². The van der Waals surface area contributed by atoms with Gasteiger partial charge in [-0.3, -0.25) is 4.90 Å². The number of benzene rings is 1. The summed E-state index contributed by atoms with van der Waals surface area (Å²) < 4.78 is 28.5. The fourth-order valence-electron chi connectivity index (χ4n) is 2.86. The van der Waals surface area contributed by atoms with Crippen molar-refractivity contribution in [3.8, 4) is 11.4 Å². The van der Waals surface area contributed by atoms with E-state index in [2.05, 4.69) is 15.0 Å². The smallest absolute Gasteiger partial charge is 0.227 e. The predicted octanol–water partition coefficient (Wildman–Crippen LogP) is 1.79. The topological polar surface area (TPSA) is 76.3 Å². The molecule has 1 atom stereocenters. The minimum atomic E-state index is -2.85. The number of hydrogen-bond acceptors (Lipinski definition) is 6. The summed E-state index contributed by atoms with van der Waals surface area (Å²) in [6, 6.07) is 9.81. The van der Waals surface area contributed by atoms with Gasteiger partial charge in [0.25, 0.3) is 0 Å². The molecule has 1 aliphatic rings. The van der Waals surface area contributed by atoms with Crippen LogP contribution >= 0.6 is 0 Å². The molecule has 7 heteroatoms. The van der Waals surface area contributed by atoms with Crippen LogP contribution in [0.25, 0.3) is 11.4 Å². The highest BCUT2D eigenvalue weighted by molar-refractivity contribution is 7.91.